The molecule has 1 N–H and O–H groups in total. The number of thiol groups is 1. The highest BCUT2D eigenvalue weighted by Gasteiger charge is 2.07. The normalized spacial score (nSPS) is 10.3. The van der Waals surface area contributed by atoms with E-state index in [-0.39, 0.29) is 10.8 Å². The SMILES string of the molecule is Cc1ccc(CNC(=O)c2ccc(F)c(S)c2)cn1. The third-order valence-electron chi connectivity index (χ3n) is 2.63. The van der Waals surface area contributed by atoms with E-state index in [1.807, 2.05) is 19.1 Å². The fourth-order valence-electron chi connectivity index (χ4n) is 1.54. The van der Waals surface area contributed by atoms with E-state index < -0.39 is 5.82 Å². The first kappa shape index (κ1) is 13.5. The van der Waals surface area contributed by atoms with E-state index >= 15 is 0 Å². The lowest BCUT2D eigenvalue weighted by atomic mass is 10.2. The summed E-state index contributed by atoms with van der Waals surface area (Å²) in [5.41, 5.74) is 2.21. The molecule has 0 fully saturated rings. The Labute approximate surface area is 116 Å². The summed E-state index contributed by atoms with van der Waals surface area (Å²) in [5, 5.41) is 2.75. The molecule has 1 heterocycles. The Morgan fingerprint density at radius 3 is 2.79 bits per heavy atom. The van der Waals surface area contributed by atoms with E-state index in [1.54, 1.807) is 6.20 Å². The van der Waals surface area contributed by atoms with Gasteiger partial charge in [0.1, 0.15) is 5.82 Å². The van der Waals surface area contributed by atoms with E-state index in [2.05, 4.69) is 22.9 Å². The van der Waals surface area contributed by atoms with Crippen LogP contribution in [0, 0.1) is 12.7 Å². The van der Waals surface area contributed by atoms with Gasteiger partial charge >= 0.3 is 0 Å². The van der Waals surface area contributed by atoms with Gasteiger partial charge in [0, 0.05) is 28.9 Å². The number of aromatic nitrogens is 1. The minimum Gasteiger partial charge on any atom is -0.348 e. The van der Waals surface area contributed by atoms with Crippen molar-refractivity contribution in [3.63, 3.8) is 0 Å². The zero-order valence-electron chi connectivity index (χ0n) is 10.4. The first-order chi connectivity index (χ1) is 9.06. The molecule has 1 aromatic heterocycles. The fraction of sp³-hybridized carbons (Fsp3) is 0.143. The van der Waals surface area contributed by atoms with Gasteiger partial charge in [-0.05, 0) is 36.8 Å². The highest BCUT2D eigenvalue weighted by atomic mass is 32.1. The van der Waals surface area contributed by atoms with Crippen molar-refractivity contribution in [3.8, 4) is 0 Å². The second-order valence-electron chi connectivity index (χ2n) is 4.16. The van der Waals surface area contributed by atoms with E-state index in [0.29, 0.717) is 12.1 Å². The van der Waals surface area contributed by atoms with Gasteiger partial charge in [-0.1, -0.05) is 6.07 Å². The van der Waals surface area contributed by atoms with Crippen molar-refractivity contribution in [1.29, 1.82) is 0 Å². The van der Waals surface area contributed by atoms with Gasteiger partial charge in [0.25, 0.3) is 5.91 Å². The van der Waals surface area contributed by atoms with Crippen LogP contribution in [0.3, 0.4) is 0 Å². The molecule has 2 rings (SSSR count). The van der Waals surface area contributed by atoms with Crippen molar-refractivity contribution < 1.29 is 9.18 Å². The van der Waals surface area contributed by atoms with Crippen molar-refractivity contribution in [1.82, 2.24) is 10.3 Å². The Kier molecular flexibility index (Phi) is 4.16. The molecule has 19 heavy (non-hydrogen) atoms. The molecule has 0 bridgehead atoms. The van der Waals surface area contributed by atoms with Gasteiger partial charge in [0.05, 0.1) is 0 Å². The molecule has 0 aliphatic heterocycles. The van der Waals surface area contributed by atoms with Gasteiger partial charge in [-0.25, -0.2) is 4.39 Å². The Bertz CT molecular complexity index is 599. The van der Waals surface area contributed by atoms with Crippen LogP contribution in [0.25, 0.3) is 0 Å². The summed E-state index contributed by atoms with van der Waals surface area (Å²) in [6.45, 7) is 2.28. The number of carbonyl (C=O) groups excluding carboxylic acids is 1. The van der Waals surface area contributed by atoms with Gasteiger partial charge in [-0.3, -0.25) is 9.78 Å². The maximum atomic E-state index is 13.0. The molecule has 0 unspecified atom stereocenters. The van der Waals surface area contributed by atoms with Crippen LogP contribution in [0.15, 0.2) is 41.4 Å². The lowest BCUT2D eigenvalue weighted by Crippen LogP contribution is -2.22. The van der Waals surface area contributed by atoms with Crippen molar-refractivity contribution in [2.45, 2.75) is 18.4 Å². The number of aryl methyl sites for hydroxylation is 1. The molecule has 3 nitrogen and oxygen atoms in total. The zero-order chi connectivity index (χ0) is 13.8. The standard InChI is InChI=1S/C14H13FN2OS/c1-9-2-3-10(7-16-9)8-17-14(18)11-4-5-12(15)13(19)6-11/h2-7,19H,8H2,1H3,(H,17,18). The largest absolute Gasteiger partial charge is 0.348 e. The molecular formula is C14H13FN2OS. The average Bonchev–Trinajstić information content (AvgIpc) is 2.41. The van der Waals surface area contributed by atoms with Gasteiger partial charge in [0.15, 0.2) is 0 Å². The maximum Gasteiger partial charge on any atom is 0.251 e. The van der Waals surface area contributed by atoms with Gasteiger partial charge in [0.2, 0.25) is 0 Å². The second-order valence-corrected chi connectivity index (χ2v) is 4.64. The number of nitrogens with one attached hydrogen (secondary N) is 1. The highest BCUT2D eigenvalue weighted by Crippen LogP contribution is 2.14. The Morgan fingerprint density at radius 2 is 2.16 bits per heavy atom. The number of nitrogens with zero attached hydrogens (tertiary/aromatic N) is 1. The summed E-state index contributed by atoms with van der Waals surface area (Å²) in [7, 11) is 0. The van der Waals surface area contributed by atoms with Gasteiger partial charge < -0.3 is 5.32 Å². The Morgan fingerprint density at radius 1 is 1.37 bits per heavy atom. The van der Waals surface area contributed by atoms with Crippen molar-refractivity contribution >= 4 is 18.5 Å². The van der Waals surface area contributed by atoms with Crippen molar-refractivity contribution in [3.05, 3.63) is 59.2 Å². The lowest BCUT2D eigenvalue weighted by molar-refractivity contribution is 0.0950. The Hall–Kier alpha value is -1.88. The van der Waals surface area contributed by atoms with Crippen LogP contribution in [-0.4, -0.2) is 10.9 Å². The van der Waals surface area contributed by atoms with Crippen LogP contribution in [-0.2, 0) is 6.54 Å². The number of halogens is 1. The topological polar surface area (TPSA) is 42.0 Å². The van der Waals surface area contributed by atoms with E-state index in [1.165, 1.54) is 18.2 Å². The zero-order valence-corrected chi connectivity index (χ0v) is 11.2. The summed E-state index contributed by atoms with van der Waals surface area (Å²) < 4.78 is 13.0. The molecule has 0 saturated carbocycles. The van der Waals surface area contributed by atoms with Crippen LogP contribution in [0.1, 0.15) is 21.6 Å². The Balaban J connectivity index is 2.01. The first-order valence-corrected chi connectivity index (χ1v) is 6.19. The number of rotatable bonds is 3. The van der Waals surface area contributed by atoms with Crippen molar-refractivity contribution in [2.24, 2.45) is 0 Å². The van der Waals surface area contributed by atoms with E-state index in [0.717, 1.165) is 11.3 Å². The molecule has 0 aliphatic rings. The summed E-state index contributed by atoms with van der Waals surface area (Å²) in [6, 6.07) is 7.84. The molecule has 2 aromatic rings. The average molecular weight is 276 g/mol. The third kappa shape index (κ3) is 3.54. The minimum absolute atomic E-state index is 0.157. The summed E-state index contributed by atoms with van der Waals surface area (Å²) in [5.74, 6) is -0.710. The van der Waals surface area contributed by atoms with Crippen molar-refractivity contribution in [2.75, 3.05) is 0 Å². The predicted molar refractivity (Wildman–Crippen MR) is 73.8 cm³/mol. The molecule has 1 amide bonds. The number of amides is 1. The molecular weight excluding hydrogens is 263 g/mol. The predicted octanol–water partition coefficient (Wildman–Crippen LogP) is 2.75. The number of pyridine rings is 1. The van der Waals surface area contributed by atoms with Gasteiger partial charge in [-0.2, -0.15) is 0 Å². The molecule has 98 valence electrons. The number of hydrogen-bond donors (Lipinski definition) is 2. The summed E-state index contributed by atoms with van der Waals surface area (Å²) in [4.78, 5) is 16.2. The van der Waals surface area contributed by atoms with Crippen LogP contribution in [0.5, 0.6) is 0 Å². The quantitative estimate of drug-likeness (QED) is 0.846. The number of carbonyl (C=O) groups is 1. The van der Waals surface area contributed by atoms with Crippen LogP contribution < -0.4 is 5.32 Å². The third-order valence-corrected chi connectivity index (χ3v) is 2.98. The smallest absolute Gasteiger partial charge is 0.251 e. The van der Waals surface area contributed by atoms with E-state index in [9.17, 15) is 9.18 Å². The van der Waals surface area contributed by atoms with Crippen LogP contribution >= 0.6 is 12.6 Å². The fourth-order valence-corrected chi connectivity index (χ4v) is 1.75. The maximum absolute atomic E-state index is 13.0. The van der Waals surface area contributed by atoms with E-state index in [4.69, 9.17) is 0 Å². The minimum atomic E-state index is -0.442. The molecule has 0 atom stereocenters. The first-order valence-electron chi connectivity index (χ1n) is 5.74. The molecule has 5 heteroatoms. The van der Waals surface area contributed by atoms with Crippen LogP contribution in [0.4, 0.5) is 4.39 Å². The van der Waals surface area contributed by atoms with Gasteiger partial charge in [-0.15, -0.1) is 12.6 Å². The number of benzene rings is 1. The van der Waals surface area contributed by atoms with Crippen LogP contribution in [0.2, 0.25) is 0 Å². The molecule has 0 spiro atoms. The number of hydrogen-bond acceptors (Lipinski definition) is 3. The second kappa shape index (κ2) is 5.84. The molecule has 1 aromatic carbocycles. The molecule has 0 aliphatic carbocycles. The molecule has 0 saturated heterocycles. The summed E-state index contributed by atoms with van der Waals surface area (Å²) in [6.07, 6.45) is 1.71. The summed E-state index contributed by atoms with van der Waals surface area (Å²) >= 11 is 3.95. The molecule has 0 radical (unpaired) electrons. The monoisotopic (exact) mass is 276 g/mol. The lowest BCUT2D eigenvalue weighted by Gasteiger charge is -2.06. The highest BCUT2D eigenvalue weighted by molar-refractivity contribution is 7.80.